The Morgan fingerprint density at radius 1 is 1.08 bits per heavy atom. The Labute approximate surface area is 148 Å². The molecule has 6 nitrogen and oxygen atoms in total. The van der Waals surface area contributed by atoms with Crippen LogP contribution < -0.4 is 4.74 Å². The second kappa shape index (κ2) is 8.64. The van der Waals surface area contributed by atoms with Gasteiger partial charge in [0.1, 0.15) is 5.75 Å². The molecule has 2 aromatic carbocycles. The molecule has 0 aliphatic rings. The summed E-state index contributed by atoms with van der Waals surface area (Å²) >= 11 is 0. The van der Waals surface area contributed by atoms with Crippen LogP contribution in [0.4, 0.5) is 0 Å². The van der Waals surface area contributed by atoms with Crippen LogP contribution in [0.25, 0.3) is 0 Å². The minimum Gasteiger partial charge on any atom is -0.497 e. The third-order valence-corrected chi connectivity index (χ3v) is 5.01. The lowest BCUT2D eigenvalue weighted by molar-refractivity contribution is -0.171. The molecule has 0 radical (unpaired) electrons. The third kappa shape index (κ3) is 5.04. The number of carbonyl (C=O) groups is 1. The number of hydrogen-bond donors (Lipinski definition) is 0. The monoisotopic (exact) mass is 363 g/mol. The van der Waals surface area contributed by atoms with Crippen LogP contribution in [0.5, 0.6) is 5.75 Å². The highest BCUT2D eigenvalue weighted by atomic mass is 32.2. The highest BCUT2D eigenvalue weighted by Crippen LogP contribution is 2.23. The summed E-state index contributed by atoms with van der Waals surface area (Å²) < 4.78 is 31.7. The van der Waals surface area contributed by atoms with Gasteiger partial charge in [0.05, 0.1) is 18.6 Å². The number of benzene rings is 2. The Bertz CT molecular complexity index is 805. The van der Waals surface area contributed by atoms with E-state index < -0.39 is 16.0 Å². The van der Waals surface area contributed by atoms with Gasteiger partial charge in [-0.3, -0.25) is 4.79 Å². The minimum absolute atomic E-state index is 0.00733. The van der Waals surface area contributed by atoms with Crippen LogP contribution in [0.1, 0.15) is 25.3 Å². The van der Waals surface area contributed by atoms with E-state index in [2.05, 4.69) is 0 Å². The molecule has 0 saturated heterocycles. The molecule has 0 aromatic heterocycles. The van der Waals surface area contributed by atoms with E-state index in [4.69, 9.17) is 9.57 Å². The molecule has 0 amide bonds. The zero-order valence-electron chi connectivity index (χ0n) is 14.2. The standard InChI is InChI=1S/C18H21NO5S/c1-3-8-18(20)24-19(14-15-9-5-4-6-10-15)25(21,22)17-12-7-11-16(13-17)23-2/h4-7,9-13H,3,8,14H2,1-2H3. The molecule has 0 unspecified atom stereocenters. The maximum Gasteiger partial charge on any atom is 0.326 e. The average molecular weight is 363 g/mol. The van der Waals surface area contributed by atoms with Gasteiger partial charge in [0.2, 0.25) is 0 Å². The first-order chi connectivity index (χ1) is 12.0. The normalized spacial score (nSPS) is 11.3. The molecule has 2 rings (SSSR count). The van der Waals surface area contributed by atoms with E-state index in [1.807, 2.05) is 13.0 Å². The third-order valence-electron chi connectivity index (χ3n) is 3.42. The lowest BCUT2D eigenvalue weighted by Gasteiger charge is -2.21. The smallest absolute Gasteiger partial charge is 0.326 e. The van der Waals surface area contributed by atoms with E-state index in [0.29, 0.717) is 17.7 Å². The first-order valence-electron chi connectivity index (χ1n) is 7.89. The van der Waals surface area contributed by atoms with E-state index in [-0.39, 0.29) is 17.9 Å². The van der Waals surface area contributed by atoms with Crippen molar-refractivity contribution in [2.75, 3.05) is 7.11 Å². The number of carbonyl (C=O) groups excluding carboxylic acids is 1. The summed E-state index contributed by atoms with van der Waals surface area (Å²) in [6, 6.07) is 15.0. The van der Waals surface area contributed by atoms with Crippen LogP contribution in [0.3, 0.4) is 0 Å². The van der Waals surface area contributed by atoms with E-state index in [1.54, 1.807) is 36.4 Å². The molecule has 0 saturated carbocycles. The number of sulfonamides is 1. The van der Waals surface area contributed by atoms with Gasteiger partial charge in [-0.15, -0.1) is 0 Å². The van der Waals surface area contributed by atoms with Crippen molar-refractivity contribution in [3.05, 3.63) is 60.2 Å². The predicted octanol–water partition coefficient (Wildman–Crippen LogP) is 3.14. The second-order valence-corrected chi connectivity index (χ2v) is 7.17. The van der Waals surface area contributed by atoms with Gasteiger partial charge in [0.25, 0.3) is 10.0 Å². The van der Waals surface area contributed by atoms with E-state index in [0.717, 1.165) is 4.47 Å². The van der Waals surface area contributed by atoms with Crippen LogP contribution in [0, 0.1) is 0 Å². The molecule has 0 spiro atoms. The summed E-state index contributed by atoms with van der Waals surface area (Å²) in [7, 11) is -2.58. The van der Waals surface area contributed by atoms with Gasteiger partial charge >= 0.3 is 5.97 Å². The molecule has 0 aliphatic heterocycles. The first kappa shape index (κ1) is 19.0. The van der Waals surface area contributed by atoms with Gasteiger partial charge in [-0.1, -0.05) is 43.3 Å². The Kier molecular flexibility index (Phi) is 6.55. The number of nitrogens with zero attached hydrogens (tertiary/aromatic N) is 1. The van der Waals surface area contributed by atoms with E-state index >= 15 is 0 Å². The fourth-order valence-corrected chi connectivity index (χ4v) is 3.39. The van der Waals surface area contributed by atoms with Crippen molar-refractivity contribution in [2.24, 2.45) is 0 Å². The molecule has 0 heterocycles. The number of methoxy groups -OCH3 is 1. The Morgan fingerprint density at radius 3 is 2.44 bits per heavy atom. The Morgan fingerprint density at radius 2 is 1.80 bits per heavy atom. The van der Waals surface area contributed by atoms with Crippen molar-refractivity contribution >= 4 is 16.0 Å². The number of hydroxylamine groups is 1. The van der Waals surface area contributed by atoms with E-state index in [9.17, 15) is 13.2 Å². The fraction of sp³-hybridized carbons (Fsp3) is 0.278. The maximum absolute atomic E-state index is 12.9. The van der Waals surface area contributed by atoms with Gasteiger partial charge in [0.15, 0.2) is 0 Å². The molecule has 7 heteroatoms. The Balaban J connectivity index is 2.36. The highest BCUT2D eigenvalue weighted by Gasteiger charge is 2.29. The van der Waals surface area contributed by atoms with Crippen molar-refractivity contribution in [1.29, 1.82) is 0 Å². The van der Waals surface area contributed by atoms with Crippen LogP contribution in [0.2, 0.25) is 0 Å². The molecule has 0 atom stereocenters. The lowest BCUT2D eigenvalue weighted by Crippen LogP contribution is -2.33. The molecule has 25 heavy (non-hydrogen) atoms. The van der Waals surface area contributed by atoms with Gasteiger partial charge in [-0.25, -0.2) is 8.42 Å². The van der Waals surface area contributed by atoms with Crippen molar-refractivity contribution in [3.8, 4) is 5.75 Å². The predicted molar refractivity (Wildman–Crippen MR) is 93.2 cm³/mol. The van der Waals surface area contributed by atoms with Gasteiger partial charge < -0.3 is 9.57 Å². The molecule has 0 fully saturated rings. The quantitative estimate of drug-likeness (QED) is 0.674. The van der Waals surface area contributed by atoms with Crippen molar-refractivity contribution in [2.45, 2.75) is 31.2 Å². The SMILES string of the molecule is CCCC(=O)ON(Cc1ccccc1)S(=O)(=O)c1cccc(OC)c1. The molecule has 134 valence electrons. The topological polar surface area (TPSA) is 72.9 Å². The minimum atomic E-state index is -4.03. The zero-order chi connectivity index (χ0) is 18.3. The van der Waals surface area contributed by atoms with Crippen LogP contribution in [0.15, 0.2) is 59.5 Å². The number of hydrogen-bond acceptors (Lipinski definition) is 5. The Hall–Kier alpha value is -2.38. The summed E-state index contributed by atoms with van der Waals surface area (Å²) in [5, 5.41) is 0. The van der Waals surface area contributed by atoms with Crippen molar-refractivity contribution < 1.29 is 22.8 Å². The summed E-state index contributed by atoms with van der Waals surface area (Å²) in [5.41, 5.74) is 0.707. The molecule has 2 aromatic rings. The van der Waals surface area contributed by atoms with Crippen molar-refractivity contribution in [3.63, 3.8) is 0 Å². The molecular formula is C18H21NO5S. The zero-order valence-corrected chi connectivity index (χ0v) is 15.0. The summed E-state index contributed by atoms with van der Waals surface area (Å²) in [6.45, 7) is 1.75. The first-order valence-corrected chi connectivity index (χ1v) is 9.33. The number of ether oxygens (including phenoxy) is 1. The highest BCUT2D eigenvalue weighted by molar-refractivity contribution is 7.89. The van der Waals surface area contributed by atoms with Crippen LogP contribution in [-0.4, -0.2) is 26.0 Å². The molecule has 0 bridgehead atoms. The largest absolute Gasteiger partial charge is 0.497 e. The second-order valence-electron chi connectivity index (χ2n) is 5.34. The van der Waals surface area contributed by atoms with E-state index in [1.165, 1.54) is 19.2 Å². The summed E-state index contributed by atoms with van der Waals surface area (Å²) in [5.74, 6) is -0.189. The summed E-state index contributed by atoms with van der Waals surface area (Å²) in [6.07, 6.45) is 0.705. The van der Waals surface area contributed by atoms with Gasteiger partial charge in [0, 0.05) is 12.5 Å². The lowest BCUT2D eigenvalue weighted by atomic mass is 10.2. The fourth-order valence-electron chi connectivity index (χ4n) is 2.14. The molecular weight excluding hydrogens is 342 g/mol. The van der Waals surface area contributed by atoms with Gasteiger partial charge in [-0.2, -0.15) is 0 Å². The average Bonchev–Trinajstić information content (AvgIpc) is 2.62. The molecule has 0 aliphatic carbocycles. The van der Waals surface area contributed by atoms with Gasteiger partial charge in [-0.05, 0) is 28.6 Å². The van der Waals surface area contributed by atoms with Crippen LogP contribution in [-0.2, 0) is 26.2 Å². The van der Waals surface area contributed by atoms with Crippen molar-refractivity contribution in [1.82, 2.24) is 4.47 Å². The van der Waals surface area contributed by atoms with Crippen LogP contribution >= 0.6 is 0 Å². The maximum atomic E-state index is 12.9. The summed E-state index contributed by atoms with van der Waals surface area (Å²) in [4.78, 5) is 17.0. The molecule has 0 N–H and O–H groups in total. The number of rotatable bonds is 8.